The number of halogens is 1. The largest absolute Gasteiger partial charge is 0.294 e. The first kappa shape index (κ1) is 17.2. The van der Waals surface area contributed by atoms with E-state index in [-0.39, 0.29) is 17.6 Å². The third-order valence-corrected chi connectivity index (χ3v) is 5.78. The minimum absolute atomic E-state index is 0.0673. The second-order valence-electron chi connectivity index (χ2n) is 6.96. The molecule has 0 bridgehead atoms. The van der Waals surface area contributed by atoms with Crippen LogP contribution in [-0.2, 0) is 9.59 Å². The highest BCUT2D eigenvalue weighted by Crippen LogP contribution is 2.44. The molecule has 1 heterocycles. The summed E-state index contributed by atoms with van der Waals surface area (Å²) in [7, 11) is 0. The third kappa shape index (κ3) is 2.92. The molecule has 0 saturated carbocycles. The van der Waals surface area contributed by atoms with Crippen molar-refractivity contribution in [2.24, 2.45) is 0 Å². The van der Waals surface area contributed by atoms with Crippen LogP contribution in [0.2, 0.25) is 0 Å². The Balaban J connectivity index is 1.89. The van der Waals surface area contributed by atoms with E-state index in [4.69, 9.17) is 0 Å². The van der Waals surface area contributed by atoms with Crippen molar-refractivity contribution in [1.29, 1.82) is 0 Å². The molecule has 2 aromatic carbocycles. The van der Waals surface area contributed by atoms with E-state index in [1.807, 2.05) is 55.5 Å². The molecule has 1 atom stereocenters. The number of amides is 1. The molecule has 26 heavy (non-hydrogen) atoms. The van der Waals surface area contributed by atoms with Gasteiger partial charge in [0.05, 0.1) is 5.69 Å². The molecule has 0 aromatic heterocycles. The summed E-state index contributed by atoms with van der Waals surface area (Å²) in [4.78, 5) is 27.8. The fraction of sp³-hybridized carbons (Fsp3) is 0.273. The van der Waals surface area contributed by atoms with Gasteiger partial charge in [-0.05, 0) is 49.1 Å². The summed E-state index contributed by atoms with van der Waals surface area (Å²) >= 11 is 3.51. The van der Waals surface area contributed by atoms with Crippen LogP contribution < -0.4 is 4.90 Å². The highest BCUT2D eigenvalue weighted by atomic mass is 79.9. The predicted octanol–water partition coefficient (Wildman–Crippen LogP) is 5.29. The van der Waals surface area contributed by atoms with Crippen molar-refractivity contribution < 1.29 is 9.59 Å². The van der Waals surface area contributed by atoms with E-state index in [0.29, 0.717) is 12.8 Å². The van der Waals surface area contributed by atoms with E-state index in [9.17, 15) is 9.59 Å². The Morgan fingerprint density at radius 2 is 1.85 bits per heavy atom. The number of hydrogen-bond acceptors (Lipinski definition) is 2. The Hall–Kier alpha value is -2.20. The average Bonchev–Trinajstić information content (AvgIpc) is 2.62. The molecule has 1 aliphatic heterocycles. The molecular weight excluding hydrogens is 390 g/mol. The van der Waals surface area contributed by atoms with Crippen LogP contribution in [0, 0.1) is 6.92 Å². The number of carbonyl (C=O) groups is 2. The molecule has 3 nitrogen and oxygen atoms in total. The lowest BCUT2D eigenvalue weighted by atomic mass is 9.77. The van der Waals surface area contributed by atoms with Gasteiger partial charge in [-0.25, -0.2) is 0 Å². The molecule has 1 aliphatic carbocycles. The number of nitrogens with zero attached hydrogens (tertiary/aromatic N) is 1. The zero-order valence-corrected chi connectivity index (χ0v) is 16.3. The standard InChI is InChI=1S/C22H20BrNO2/c1-14-6-2-3-9-18(14)24-19-10-5-11-20(25)22(19)17(13-21(24)26)15-7-4-8-16(23)12-15/h2-4,6-9,12,17H,5,10-11,13H2,1H3. The van der Waals surface area contributed by atoms with Crippen molar-refractivity contribution in [3.63, 3.8) is 0 Å². The van der Waals surface area contributed by atoms with E-state index in [1.54, 1.807) is 4.90 Å². The van der Waals surface area contributed by atoms with Gasteiger partial charge in [-0.15, -0.1) is 0 Å². The maximum Gasteiger partial charge on any atom is 0.232 e. The van der Waals surface area contributed by atoms with Crippen molar-refractivity contribution in [3.8, 4) is 0 Å². The molecule has 2 aliphatic rings. The van der Waals surface area contributed by atoms with Gasteiger partial charge in [0.25, 0.3) is 0 Å². The lowest BCUT2D eigenvalue weighted by Crippen LogP contribution is -2.40. The summed E-state index contributed by atoms with van der Waals surface area (Å²) in [6.45, 7) is 2.01. The molecular formula is C22H20BrNO2. The second-order valence-corrected chi connectivity index (χ2v) is 7.88. The fourth-order valence-corrected chi connectivity index (χ4v) is 4.51. The molecule has 4 rings (SSSR count). The number of anilines is 1. The highest BCUT2D eigenvalue weighted by molar-refractivity contribution is 9.10. The van der Waals surface area contributed by atoms with Crippen LogP contribution in [0.3, 0.4) is 0 Å². The van der Waals surface area contributed by atoms with Crippen LogP contribution in [-0.4, -0.2) is 11.7 Å². The summed E-state index contributed by atoms with van der Waals surface area (Å²) in [6.07, 6.45) is 2.47. The van der Waals surface area contributed by atoms with E-state index in [0.717, 1.165) is 45.4 Å². The van der Waals surface area contributed by atoms with Gasteiger partial charge in [-0.1, -0.05) is 46.3 Å². The maximum atomic E-state index is 13.1. The molecule has 0 N–H and O–H groups in total. The predicted molar refractivity (Wildman–Crippen MR) is 106 cm³/mol. The summed E-state index contributed by atoms with van der Waals surface area (Å²) in [5.41, 5.74) is 4.70. The molecule has 0 spiro atoms. The van der Waals surface area contributed by atoms with Crippen LogP contribution in [0.25, 0.3) is 0 Å². The second kappa shape index (κ2) is 6.84. The van der Waals surface area contributed by atoms with Gasteiger partial charge in [0.15, 0.2) is 5.78 Å². The lowest BCUT2D eigenvalue weighted by molar-refractivity contribution is -0.119. The van der Waals surface area contributed by atoms with Gasteiger partial charge in [0, 0.05) is 34.5 Å². The van der Waals surface area contributed by atoms with Crippen LogP contribution in [0.15, 0.2) is 64.3 Å². The highest BCUT2D eigenvalue weighted by Gasteiger charge is 2.39. The van der Waals surface area contributed by atoms with Crippen LogP contribution >= 0.6 is 15.9 Å². The Morgan fingerprint density at radius 1 is 1.04 bits per heavy atom. The number of allylic oxidation sites excluding steroid dienone is 2. The average molecular weight is 410 g/mol. The normalized spacial score (nSPS) is 20.4. The number of carbonyl (C=O) groups excluding carboxylic acids is 2. The van der Waals surface area contributed by atoms with Crippen LogP contribution in [0.5, 0.6) is 0 Å². The van der Waals surface area contributed by atoms with Gasteiger partial charge in [0.2, 0.25) is 5.91 Å². The molecule has 0 fully saturated rings. The summed E-state index contributed by atoms with van der Waals surface area (Å²) in [5, 5.41) is 0. The summed E-state index contributed by atoms with van der Waals surface area (Å²) < 4.78 is 0.967. The van der Waals surface area contributed by atoms with Gasteiger partial charge in [0.1, 0.15) is 0 Å². The quantitative estimate of drug-likeness (QED) is 0.675. The Labute approximate surface area is 161 Å². The first-order valence-corrected chi connectivity index (χ1v) is 9.76. The first-order valence-electron chi connectivity index (χ1n) is 8.96. The SMILES string of the molecule is Cc1ccccc1N1C(=O)CC(c2cccc(Br)c2)C2=C1CCCC2=O. The van der Waals surface area contributed by atoms with Crippen molar-refractivity contribution in [2.45, 2.75) is 38.5 Å². The number of rotatable bonds is 2. The van der Waals surface area contributed by atoms with Crippen molar-refractivity contribution in [3.05, 3.63) is 75.4 Å². The van der Waals surface area contributed by atoms with Gasteiger partial charge in [-0.2, -0.15) is 0 Å². The van der Waals surface area contributed by atoms with Crippen molar-refractivity contribution in [2.75, 3.05) is 4.90 Å². The van der Waals surface area contributed by atoms with Gasteiger partial charge < -0.3 is 0 Å². The van der Waals surface area contributed by atoms with Crippen LogP contribution in [0.1, 0.15) is 42.7 Å². The van der Waals surface area contributed by atoms with Crippen LogP contribution in [0.4, 0.5) is 5.69 Å². The van der Waals surface area contributed by atoms with Gasteiger partial charge in [-0.3, -0.25) is 14.5 Å². The number of hydrogen-bond donors (Lipinski definition) is 0. The minimum Gasteiger partial charge on any atom is -0.294 e. The Morgan fingerprint density at radius 3 is 2.62 bits per heavy atom. The number of aryl methyl sites for hydroxylation is 1. The molecule has 4 heteroatoms. The zero-order valence-electron chi connectivity index (χ0n) is 14.7. The monoisotopic (exact) mass is 409 g/mol. The van der Waals surface area contributed by atoms with Gasteiger partial charge >= 0.3 is 0 Å². The zero-order chi connectivity index (χ0) is 18.3. The van der Waals surface area contributed by atoms with Crippen molar-refractivity contribution >= 4 is 33.3 Å². The number of Topliss-reactive ketones (excluding diaryl/α,β-unsaturated/α-hetero) is 1. The third-order valence-electron chi connectivity index (χ3n) is 5.28. The Kier molecular flexibility index (Phi) is 4.53. The lowest BCUT2D eigenvalue weighted by Gasteiger charge is -2.39. The van der Waals surface area contributed by atoms with E-state index >= 15 is 0 Å². The fourth-order valence-electron chi connectivity index (χ4n) is 4.09. The van der Waals surface area contributed by atoms with E-state index < -0.39 is 0 Å². The maximum absolute atomic E-state index is 13.1. The minimum atomic E-state index is -0.150. The molecule has 2 aromatic rings. The van der Waals surface area contributed by atoms with Crippen molar-refractivity contribution in [1.82, 2.24) is 0 Å². The van der Waals surface area contributed by atoms with E-state index in [1.165, 1.54) is 0 Å². The molecule has 0 radical (unpaired) electrons. The number of para-hydroxylation sites is 1. The number of ketones is 1. The van der Waals surface area contributed by atoms with E-state index in [2.05, 4.69) is 15.9 Å². The number of benzene rings is 2. The molecule has 1 amide bonds. The smallest absolute Gasteiger partial charge is 0.232 e. The first-order chi connectivity index (χ1) is 12.6. The molecule has 1 unspecified atom stereocenters. The topological polar surface area (TPSA) is 37.4 Å². The Bertz CT molecular complexity index is 931. The summed E-state index contributed by atoms with van der Waals surface area (Å²) in [5.74, 6) is 0.100. The molecule has 0 saturated heterocycles. The summed E-state index contributed by atoms with van der Waals surface area (Å²) in [6, 6.07) is 15.9. The molecule has 132 valence electrons.